The van der Waals surface area contributed by atoms with Crippen molar-refractivity contribution in [3.63, 3.8) is 0 Å². The van der Waals surface area contributed by atoms with Gasteiger partial charge in [0.05, 0.1) is 5.54 Å². The highest BCUT2D eigenvalue weighted by Gasteiger charge is 2.22. The number of thiazole rings is 1. The SMILES string of the molecule is Cc1cccc(C)c1CNC(C)(C)c1nccs1. The van der Waals surface area contributed by atoms with Crippen LogP contribution < -0.4 is 5.32 Å². The van der Waals surface area contributed by atoms with E-state index in [1.807, 2.05) is 11.6 Å². The van der Waals surface area contributed by atoms with Gasteiger partial charge in [0, 0.05) is 18.1 Å². The van der Waals surface area contributed by atoms with E-state index in [1.165, 1.54) is 16.7 Å². The summed E-state index contributed by atoms with van der Waals surface area (Å²) in [6.45, 7) is 9.57. The van der Waals surface area contributed by atoms with Crippen molar-refractivity contribution in [3.05, 3.63) is 51.5 Å². The molecule has 3 heteroatoms. The molecule has 2 nitrogen and oxygen atoms in total. The minimum absolute atomic E-state index is 0.0805. The smallest absolute Gasteiger partial charge is 0.112 e. The fourth-order valence-electron chi connectivity index (χ4n) is 2.04. The fourth-order valence-corrected chi connectivity index (χ4v) is 2.78. The van der Waals surface area contributed by atoms with Crippen LogP contribution in [0.1, 0.15) is 35.5 Å². The zero-order valence-corrected chi connectivity index (χ0v) is 12.3. The molecule has 0 aliphatic carbocycles. The number of aromatic nitrogens is 1. The monoisotopic (exact) mass is 260 g/mol. The molecule has 0 radical (unpaired) electrons. The van der Waals surface area contributed by atoms with Gasteiger partial charge in [-0.2, -0.15) is 0 Å². The van der Waals surface area contributed by atoms with Gasteiger partial charge in [0.2, 0.25) is 0 Å². The summed E-state index contributed by atoms with van der Waals surface area (Å²) in [4.78, 5) is 4.40. The first-order valence-corrected chi connectivity index (χ1v) is 7.09. The first-order valence-electron chi connectivity index (χ1n) is 6.21. The van der Waals surface area contributed by atoms with E-state index in [2.05, 4.69) is 56.2 Å². The molecule has 0 saturated heterocycles. The summed E-state index contributed by atoms with van der Waals surface area (Å²) in [5.41, 5.74) is 4.00. The van der Waals surface area contributed by atoms with Gasteiger partial charge < -0.3 is 5.32 Å². The van der Waals surface area contributed by atoms with Crippen LogP contribution >= 0.6 is 11.3 Å². The molecule has 18 heavy (non-hydrogen) atoms. The lowest BCUT2D eigenvalue weighted by Gasteiger charge is -2.25. The van der Waals surface area contributed by atoms with Gasteiger partial charge in [-0.3, -0.25) is 0 Å². The first-order chi connectivity index (χ1) is 8.50. The predicted octanol–water partition coefficient (Wildman–Crippen LogP) is 3.78. The molecule has 1 N–H and O–H groups in total. The van der Waals surface area contributed by atoms with E-state index in [9.17, 15) is 0 Å². The Morgan fingerprint density at radius 2 is 1.89 bits per heavy atom. The van der Waals surface area contributed by atoms with Crippen LogP contribution in [-0.4, -0.2) is 4.98 Å². The lowest BCUT2D eigenvalue weighted by molar-refractivity contribution is 0.398. The van der Waals surface area contributed by atoms with E-state index < -0.39 is 0 Å². The van der Waals surface area contributed by atoms with Crippen molar-refractivity contribution in [2.24, 2.45) is 0 Å². The highest BCUT2D eigenvalue weighted by molar-refractivity contribution is 7.09. The number of rotatable bonds is 4. The first kappa shape index (κ1) is 13.2. The molecule has 0 amide bonds. The molecule has 0 atom stereocenters. The number of aryl methyl sites for hydroxylation is 2. The van der Waals surface area contributed by atoms with Gasteiger partial charge in [-0.15, -0.1) is 11.3 Å². The summed E-state index contributed by atoms with van der Waals surface area (Å²) >= 11 is 1.70. The van der Waals surface area contributed by atoms with Gasteiger partial charge in [0.15, 0.2) is 0 Å². The molecular formula is C15H20N2S. The summed E-state index contributed by atoms with van der Waals surface area (Å²) in [5.74, 6) is 0. The van der Waals surface area contributed by atoms with Crippen LogP contribution in [0.15, 0.2) is 29.8 Å². The molecule has 1 aromatic carbocycles. The standard InChI is InChI=1S/C15H20N2S/c1-11-6-5-7-12(2)13(11)10-17-15(3,4)14-16-8-9-18-14/h5-9,17H,10H2,1-4H3. The van der Waals surface area contributed by atoms with Crippen molar-refractivity contribution in [1.29, 1.82) is 0 Å². The maximum absolute atomic E-state index is 4.40. The summed E-state index contributed by atoms with van der Waals surface area (Å²) < 4.78 is 0. The van der Waals surface area contributed by atoms with Crippen LogP contribution in [0.2, 0.25) is 0 Å². The van der Waals surface area contributed by atoms with Gasteiger partial charge in [-0.05, 0) is 44.4 Å². The highest BCUT2D eigenvalue weighted by atomic mass is 32.1. The molecule has 0 saturated carbocycles. The third kappa shape index (κ3) is 2.79. The van der Waals surface area contributed by atoms with E-state index in [4.69, 9.17) is 0 Å². The second-order valence-electron chi connectivity index (χ2n) is 5.19. The molecule has 96 valence electrons. The zero-order valence-electron chi connectivity index (χ0n) is 11.4. The molecule has 0 fully saturated rings. The average Bonchev–Trinajstić information content (AvgIpc) is 2.82. The van der Waals surface area contributed by atoms with E-state index in [0.717, 1.165) is 11.6 Å². The maximum Gasteiger partial charge on any atom is 0.112 e. The molecule has 0 spiro atoms. The maximum atomic E-state index is 4.40. The molecule has 1 heterocycles. The highest BCUT2D eigenvalue weighted by Crippen LogP contribution is 2.23. The second-order valence-corrected chi connectivity index (χ2v) is 6.08. The molecule has 0 unspecified atom stereocenters. The summed E-state index contributed by atoms with van der Waals surface area (Å²) in [6, 6.07) is 6.45. The largest absolute Gasteiger partial charge is 0.302 e. The predicted molar refractivity (Wildman–Crippen MR) is 77.9 cm³/mol. The molecule has 0 aliphatic heterocycles. The van der Waals surface area contributed by atoms with Gasteiger partial charge >= 0.3 is 0 Å². The Morgan fingerprint density at radius 3 is 2.44 bits per heavy atom. The van der Waals surface area contributed by atoms with Crippen molar-refractivity contribution in [2.45, 2.75) is 39.8 Å². The minimum Gasteiger partial charge on any atom is -0.302 e. The Morgan fingerprint density at radius 1 is 1.22 bits per heavy atom. The fraction of sp³-hybridized carbons (Fsp3) is 0.400. The molecule has 2 aromatic rings. The quantitative estimate of drug-likeness (QED) is 0.905. The molecule has 0 bridgehead atoms. The third-order valence-electron chi connectivity index (χ3n) is 3.32. The Kier molecular flexibility index (Phi) is 3.83. The number of hydrogen-bond donors (Lipinski definition) is 1. The third-order valence-corrected chi connectivity index (χ3v) is 4.42. The molecule has 1 aromatic heterocycles. The second kappa shape index (κ2) is 5.21. The van der Waals surface area contributed by atoms with Crippen LogP contribution in [0, 0.1) is 13.8 Å². The molecular weight excluding hydrogens is 240 g/mol. The Hall–Kier alpha value is -1.19. The summed E-state index contributed by atoms with van der Waals surface area (Å²) in [6.07, 6.45) is 1.86. The zero-order chi connectivity index (χ0) is 13.2. The lowest BCUT2D eigenvalue weighted by atomic mass is 10.0. The lowest BCUT2D eigenvalue weighted by Crippen LogP contribution is -2.36. The molecule has 0 aliphatic rings. The van der Waals surface area contributed by atoms with Crippen LogP contribution in [-0.2, 0) is 12.1 Å². The molecule has 2 rings (SSSR count). The Bertz CT molecular complexity index is 495. The van der Waals surface area contributed by atoms with Crippen LogP contribution in [0.3, 0.4) is 0 Å². The number of benzene rings is 1. The number of nitrogens with zero attached hydrogens (tertiary/aromatic N) is 1. The number of nitrogens with one attached hydrogen (secondary N) is 1. The van der Waals surface area contributed by atoms with Gasteiger partial charge in [-0.25, -0.2) is 4.98 Å². The van der Waals surface area contributed by atoms with E-state index in [0.29, 0.717) is 0 Å². The normalized spacial score (nSPS) is 11.8. The topological polar surface area (TPSA) is 24.9 Å². The summed E-state index contributed by atoms with van der Waals surface area (Å²) in [7, 11) is 0. The van der Waals surface area contributed by atoms with Crippen LogP contribution in [0.25, 0.3) is 0 Å². The van der Waals surface area contributed by atoms with Crippen molar-refractivity contribution in [2.75, 3.05) is 0 Å². The number of hydrogen-bond acceptors (Lipinski definition) is 3. The summed E-state index contributed by atoms with van der Waals surface area (Å²) in [5, 5.41) is 6.77. The van der Waals surface area contributed by atoms with Gasteiger partial charge in [0.25, 0.3) is 0 Å². The average molecular weight is 260 g/mol. The van der Waals surface area contributed by atoms with Gasteiger partial charge in [0.1, 0.15) is 5.01 Å². The van der Waals surface area contributed by atoms with Crippen LogP contribution in [0.4, 0.5) is 0 Å². The van der Waals surface area contributed by atoms with Gasteiger partial charge in [-0.1, -0.05) is 18.2 Å². The van der Waals surface area contributed by atoms with E-state index in [1.54, 1.807) is 11.3 Å². The van der Waals surface area contributed by atoms with Crippen LogP contribution in [0.5, 0.6) is 0 Å². The van der Waals surface area contributed by atoms with Crippen molar-refractivity contribution >= 4 is 11.3 Å². The van der Waals surface area contributed by atoms with Crippen molar-refractivity contribution in [3.8, 4) is 0 Å². The van der Waals surface area contributed by atoms with E-state index in [-0.39, 0.29) is 5.54 Å². The Balaban J connectivity index is 2.12. The van der Waals surface area contributed by atoms with Crippen molar-refractivity contribution in [1.82, 2.24) is 10.3 Å². The van der Waals surface area contributed by atoms with E-state index >= 15 is 0 Å². The van der Waals surface area contributed by atoms with Crippen molar-refractivity contribution < 1.29 is 0 Å². The Labute approximate surface area is 113 Å². The minimum atomic E-state index is -0.0805.